The van der Waals surface area contributed by atoms with Crippen LogP contribution in [0.15, 0.2) is 92.2 Å². The molecule has 2 aromatic carbocycles. The van der Waals surface area contributed by atoms with Crippen LogP contribution in [0, 0.1) is 25.5 Å². The lowest BCUT2D eigenvalue weighted by atomic mass is 10.2. The molecule has 7 N–H and O–H groups in total. The molecule has 0 aliphatic heterocycles. The van der Waals surface area contributed by atoms with Crippen molar-refractivity contribution in [1.29, 1.82) is 0 Å². The molecule has 0 radical (unpaired) electrons. The maximum atomic E-state index is 13.7. The van der Waals surface area contributed by atoms with Gasteiger partial charge in [0.1, 0.15) is 39.2 Å². The lowest BCUT2D eigenvalue weighted by molar-refractivity contribution is 0.595. The van der Waals surface area contributed by atoms with E-state index in [9.17, 15) is 35.2 Å². The number of aromatic nitrogens is 10. The molecule has 6 heterocycles. The highest BCUT2D eigenvalue weighted by molar-refractivity contribution is 7.91. The number of hydrogen-bond donors (Lipinski definition) is 6. The molecule has 0 atom stereocenters. The third kappa shape index (κ3) is 10.8. The highest BCUT2D eigenvalue weighted by Crippen LogP contribution is 2.32. The van der Waals surface area contributed by atoms with E-state index in [4.69, 9.17) is 17.3 Å². The van der Waals surface area contributed by atoms with Crippen molar-refractivity contribution in [2.75, 3.05) is 34.2 Å². The third-order valence-corrected chi connectivity index (χ3v) is 11.2. The highest BCUT2D eigenvalue weighted by atomic mass is 35.5. The first-order chi connectivity index (χ1) is 29.6. The maximum Gasteiger partial charge on any atom is 0.277 e. The molecule has 0 aliphatic carbocycles. The van der Waals surface area contributed by atoms with Crippen molar-refractivity contribution in [3.05, 3.63) is 122 Å². The number of nitrogens with one attached hydrogen (secondary N) is 5. The quantitative estimate of drug-likeness (QED) is 0.110. The second-order valence-electron chi connectivity index (χ2n) is 13.8. The van der Waals surface area contributed by atoms with E-state index in [2.05, 4.69) is 56.5 Å². The van der Waals surface area contributed by atoms with Gasteiger partial charge in [-0.15, -0.1) is 10.2 Å². The SMILES string of the molecule is Cc1ccc(N)nn1.Cc1ccc(Nc2cc(Nc3ccc(F)cc3S(C)(=O)=O)c3c(=O)n(C)[nH]c3n2)nn1.Cn1[nH]c2nc(Cl)cc(Nc3ccc(F)cc3S(C)(=O)=O)c2c1=O. The second-order valence-corrected chi connectivity index (χ2v) is 18.2. The van der Waals surface area contributed by atoms with Crippen molar-refractivity contribution in [3.63, 3.8) is 0 Å². The molecule has 0 unspecified atom stereocenters. The fourth-order valence-corrected chi connectivity index (χ4v) is 7.66. The topological polar surface area (TPSA) is 283 Å². The number of rotatable bonds is 8. The van der Waals surface area contributed by atoms with Crippen LogP contribution >= 0.6 is 11.6 Å². The van der Waals surface area contributed by atoms with Gasteiger partial charge in [-0.1, -0.05) is 11.6 Å². The zero-order valence-corrected chi connectivity index (χ0v) is 36.4. The van der Waals surface area contributed by atoms with Gasteiger partial charge in [0.15, 0.2) is 36.8 Å². The molecule has 328 valence electrons. The summed E-state index contributed by atoms with van der Waals surface area (Å²) < 4.78 is 77.6. The summed E-state index contributed by atoms with van der Waals surface area (Å²) in [6.07, 6.45) is 1.95. The van der Waals surface area contributed by atoms with E-state index in [1.807, 2.05) is 13.0 Å². The van der Waals surface area contributed by atoms with Crippen LogP contribution in [-0.2, 0) is 33.8 Å². The van der Waals surface area contributed by atoms with Crippen molar-refractivity contribution >= 4 is 93.5 Å². The Morgan fingerprint density at radius 1 is 0.603 bits per heavy atom. The summed E-state index contributed by atoms with van der Waals surface area (Å²) in [6.45, 7) is 3.67. The minimum absolute atomic E-state index is 0.106. The Morgan fingerprint density at radius 2 is 1.08 bits per heavy atom. The molecule has 0 aliphatic rings. The number of hydrogen-bond acceptors (Lipinski definition) is 16. The number of nitrogens with zero attached hydrogens (tertiary/aromatic N) is 8. The van der Waals surface area contributed by atoms with Crippen LogP contribution in [0.4, 0.5) is 49.0 Å². The number of H-pyrrole nitrogens is 2. The lowest BCUT2D eigenvalue weighted by Crippen LogP contribution is -2.12. The average Bonchev–Trinajstić information content (AvgIpc) is 3.66. The van der Waals surface area contributed by atoms with Crippen LogP contribution in [-0.4, -0.2) is 79.3 Å². The zero-order chi connectivity index (χ0) is 46.0. The molecular weight excluding hydrogens is 886 g/mol. The Labute approximate surface area is 361 Å². The molecule has 0 bridgehead atoms. The Balaban J connectivity index is 0.000000182. The van der Waals surface area contributed by atoms with Gasteiger partial charge >= 0.3 is 0 Å². The summed E-state index contributed by atoms with van der Waals surface area (Å²) in [4.78, 5) is 32.8. The van der Waals surface area contributed by atoms with Crippen molar-refractivity contribution in [3.8, 4) is 0 Å². The van der Waals surface area contributed by atoms with E-state index < -0.39 is 31.3 Å². The van der Waals surface area contributed by atoms with Gasteiger partial charge in [-0.25, -0.2) is 35.6 Å². The molecule has 63 heavy (non-hydrogen) atoms. The summed E-state index contributed by atoms with van der Waals surface area (Å²) >= 11 is 5.95. The highest BCUT2D eigenvalue weighted by Gasteiger charge is 2.20. The summed E-state index contributed by atoms with van der Waals surface area (Å²) in [7, 11) is -4.38. The largest absolute Gasteiger partial charge is 0.382 e. The van der Waals surface area contributed by atoms with Gasteiger partial charge < -0.3 is 21.7 Å². The van der Waals surface area contributed by atoms with Gasteiger partial charge in [0.25, 0.3) is 11.1 Å². The summed E-state index contributed by atoms with van der Waals surface area (Å²) in [6, 6.07) is 16.6. The zero-order valence-electron chi connectivity index (χ0n) is 34.0. The van der Waals surface area contributed by atoms with Crippen LogP contribution in [0.5, 0.6) is 0 Å². The first-order valence-corrected chi connectivity index (χ1v) is 22.2. The second kappa shape index (κ2) is 18.0. The number of anilines is 7. The lowest BCUT2D eigenvalue weighted by Gasteiger charge is -2.13. The third-order valence-electron chi connectivity index (χ3n) is 8.69. The summed E-state index contributed by atoms with van der Waals surface area (Å²) in [5.41, 5.74) is 7.48. The Bertz CT molecular complexity index is 3340. The molecule has 8 rings (SSSR count). The summed E-state index contributed by atoms with van der Waals surface area (Å²) in [5, 5.41) is 30.2. The molecule has 20 nitrogen and oxygen atoms in total. The minimum atomic E-state index is -3.74. The van der Waals surface area contributed by atoms with Crippen molar-refractivity contribution in [2.24, 2.45) is 14.1 Å². The van der Waals surface area contributed by atoms with Crippen molar-refractivity contribution < 1.29 is 25.6 Å². The first-order valence-electron chi connectivity index (χ1n) is 18.1. The van der Waals surface area contributed by atoms with Crippen LogP contribution in [0.1, 0.15) is 11.4 Å². The van der Waals surface area contributed by atoms with Crippen LogP contribution in [0.2, 0.25) is 5.15 Å². The number of aryl methyl sites for hydroxylation is 4. The number of aromatic amines is 2. The van der Waals surface area contributed by atoms with E-state index in [1.54, 1.807) is 25.1 Å². The number of pyridine rings is 2. The van der Waals surface area contributed by atoms with Gasteiger partial charge in [0, 0.05) is 32.7 Å². The molecule has 0 fully saturated rings. The van der Waals surface area contributed by atoms with Crippen LogP contribution < -0.4 is 32.8 Å². The van der Waals surface area contributed by atoms with E-state index in [1.165, 1.54) is 47.7 Å². The van der Waals surface area contributed by atoms with E-state index in [0.29, 0.717) is 17.5 Å². The van der Waals surface area contributed by atoms with Gasteiger partial charge in [-0.2, -0.15) is 10.2 Å². The molecule has 0 spiro atoms. The Hall–Kier alpha value is -7.31. The first kappa shape index (κ1) is 45.2. The number of nitrogen functional groups attached to an aromatic ring is 1. The van der Waals surface area contributed by atoms with Crippen molar-refractivity contribution in [1.82, 2.24) is 49.9 Å². The molecule has 0 amide bonds. The van der Waals surface area contributed by atoms with Gasteiger partial charge in [0.2, 0.25) is 0 Å². The molecule has 6 aromatic heterocycles. The smallest absolute Gasteiger partial charge is 0.277 e. The van der Waals surface area contributed by atoms with Crippen molar-refractivity contribution in [2.45, 2.75) is 23.6 Å². The number of benzene rings is 2. The summed E-state index contributed by atoms with van der Waals surface area (Å²) in [5.74, 6) is -0.144. The Kier molecular flexibility index (Phi) is 12.9. The van der Waals surface area contributed by atoms with Crippen LogP contribution in [0.3, 0.4) is 0 Å². The number of halogens is 3. The number of sulfone groups is 2. The normalized spacial score (nSPS) is 11.4. The fourth-order valence-electron chi connectivity index (χ4n) is 5.78. The van der Waals surface area contributed by atoms with Gasteiger partial charge in [-0.05, 0) is 80.6 Å². The van der Waals surface area contributed by atoms with E-state index in [0.717, 1.165) is 48.2 Å². The minimum Gasteiger partial charge on any atom is -0.382 e. The fraction of sp³-hybridized carbons (Fsp3) is 0.158. The predicted molar refractivity (Wildman–Crippen MR) is 234 cm³/mol. The predicted octanol–water partition coefficient (Wildman–Crippen LogP) is 4.96. The standard InChI is InChI=1S/C19H18FN7O3S.C14H12ClFN4O3S.C5H7N3/c1-10-4-7-15(25-24-10)22-16-9-13(17-18(23-16)26-27(2)19(17)28)21-12-6-5-11(20)8-14(12)31(3,29)30;1-20-14(21)12-9(6-11(15)18-13(12)19-20)17-8-4-3-7(16)5-10(8)24(2,22)23;1-4-2-3-5(6)8-7-4/h4-9H,1-3H3,(H3,21,22,23,25,26);3-6H,1-2H3,(H2,17,18,19);2-3H,1H3,(H2,6,8). The molecule has 0 saturated carbocycles. The van der Waals surface area contributed by atoms with Gasteiger partial charge in [-0.3, -0.25) is 29.2 Å². The monoisotopic (exact) mass is 922 g/mol. The molecule has 25 heteroatoms. The molecular formula is C38H37ClF2N14O6S2. The van der Waals surface area contributed by atoms with E-state index in [-0.39, 0.29) is 70.9 Å². The maximum absolute atomic E-state index is 13.7. The number of fused-ring (bicyclic) bond motifs is 2. The average molecular weight is 923 g/mol. The van der Waals surface area contributed by atoms with Gasteiger partial charge in [0.05, 0.1) is 43.9 Å². The molecule has 8 aromatic rings. The van der Waals surface area contributed by atoms with Crippen LogP contribution in [0.25, 0.3) is 22.1 Å². The molecule has 0 saturated heterocycles. The number of nitrogens with two attached hydrogens (primary N) is 1. The van der Waals surface area contributed by atoms with E-state index >= 15 is 0 Å². The Morgan fingerprint density at radius 3 is 1.52 bits per heavy atom.